The molecule has 2 nitrogen and oxygen atoms in total. The molecule has 0 radical (unpaired) electrons. The zero-order valence-electron chi connectivity index (χ0n) is 21.9. The molecule has 2 aromatic rings. The van der Waals surface area contributed by atoms with E-state index in [1.165, 1.54) is 21.3 Å². The number of nitrogens with zero attached hydrogens (tertiary/aromatic N) is 1. The molecule has 0 N–H and O–H groups in total. The van der Waals surface area contributed by atoms with E-state index in [1.807, 2.05) is 18.0 Å². The van der Waals surface area contributed by atoms with Gasteiger partial charge >= 0.3 is 0 Å². The average molecular weight is 498 g/mol. The quantitative estimate of drug-likeness (QED) is 0.189. The fourth-order valence-corrected chi connectivity index (χ4v) is 12.3. The Morgan fingerprint density at radius 2 is 1.48 bits per heavy atom. The van der Waals surface area contributed by atoms with Gasteiger partial charge in [0.2, 0.25) is 0 Å². The number of allylic oxidation sites excluding steroid dienone is 1. The van der Waals surface area contributed by atoms with Crippen LogP contribution in [0, 0.1) is 0 Å². The highest BCUT2D eigenvalue weighted by Gasteiger charge is 2.50. The van der Waals surface area contributed by atoms with E-state index < -0.39 is 16.4 Å². The van der Waals surface area contributed by atoms with Crippen molar-refractivity contribution in [1.82, 2.24) is 0 Å². The molecule has 0 heterocycles. The number of benzene rings is 2. The Morgan fingerprint density at radius 1 is 0.970 bits per heavy atom. The summed E-state index contributed by atoms with van der Waals surface area (Å²) in [5.41, 5.74) is 0. The lowest BCUT2D eigenvalue weighted by molar-refractivity contribution is 0.272. The van der Waals surface area contributed by atoms with Crippen LogP contribution < -0.4 is 10.4 Å². The van der Waals surface area contributed by atoms with Gasteiger partial charge in [-0.25, -0.2) is 0 Å². The van der Waals surface area contributed by atoms with Gasteiger partial charge in [0.25, 0.3) is 8.32 Å². The molecule has 0 aliphatic heterocycles. The van der Waals surface area contributed by atoms with Crippen LogP contribution in [-0.2, 0) is 4.43 Å². The second kappa shape index (κ2) is 12.3. The predicted octanol–water partition coefficient (Wildman–Crippen LogP) is 7.00. The van der Waals surface area contributed by atoms with Crippen molar-refractivity contribution in [2.24, 2.45) is 4.99 Å². The number of aliphatic imine (C=N–C) groups is 1. The molecule has 0 spiro atoms. The molecular formula is C28H43NOSSi2. The van der Waals surface area contributed by atoms with Gasteiger partial charge < -0.3 is 4.43 Å². The number of thioether (sulfide) groups is 1. The molecule has 1 atom stereocenters. The van der Waals surface area contributed by atoms with Crippen LogP contribution >= 0.6 is 11.8 Å². The first-order valence-electron chi connectivity index (χ1n) is 12.0. The van der Waals surface area contributed by atoms with Gasteiger partial charge in [0.05, 0.1) is 6.10 Å². The highest BCUT2D eigenvalue weighted by molar-refractivity contribution is 8.02. The Morgan fingerprint density at radius 3 is 1.91 bits per heavy atom. The van der Waals surface area contributed by atoms with E-state index >= 15 is 0 Å². The van der Waals surface area contributed by atoms with Gasteiger partial charge in [-0.05, 0) is 46.0 Å². The third-order valence-electron chi connectivity index (χ3n) is 5.69. The number of hydrogen-bond acceptors (Lipinski definition) is 3. The van der Waals surface area contributed by atoms with E-state index in [2.05, 4.69) is 120 Å². The van der Waals surface area contributed by atoms with E-state index in [-0.39, 0.29) is 11.1 Å². The van der Waals surface area contributed by atoms with Gasteiger partial charge in [-0.15, -0.1) is 11.8 Å². The minimum Gasteiger partial charge on any atom is -0.400 e. The normalized spacial score (nSPS) is 14.6. The Balaban J connectivity index is 2.22. The van der Waals surface area contributed by atoms with Crippen molar-refractivity contribution in [3.8, 4) is 0 Å². The van der Waals surface area contributed by atoms with Crippen molar-refractivity contribution in [2.45, 2.75) is 70.9 Å². The van der Waals surface area contributed by atoms with Gasteiger partial charge in [0.15, 0.2) is 0 Å². The minimum absolute atomic E-state index is 0.0232. The van der Waals surface area contributed by atoms with Crippen LogP contribution in [0.25, 0.3) is 0 Å². The summed E-state index contributed by atoms with van der Waals surface area (Å²) in [4.78, 5) is 6.27. The first kappa shape index (κ1) is 27.8. The van der Waals surface area contributed by atoms with Crippen LogP contribution in [0.15, 0.2) is 76.6 Å². The standard InChI is InChI=1S/C28H43NOSSi2/c1-24(22-29-21-15-16-25(31-5)23-32(6,7)8)30-33(28(2,3)4,26-17-11-9-12-18-26)27-19-13-10-14-20-27/h9-14,16-20,22,24H,15,21,23H2,1-8H3/b25-16-,29-22?/t24-/m1/s1. The highest BCUT2D eigenvalue weighted by Crippen LogP contribution is 2.37. The van der Waals surface area contributed by atoms with Crippen LogP contribution in [0.3, 0.4) is 0 Å². The summed E-state index contributed by atoms with van der Waals surface area (Å²) in [5.74, 6) is 0. The number of rotatable bonds is 11. The van der Waals surface area contributed by atoms with Gasteiger partial charge in [-0.3, -0.25) is 4.99 Å². The van der Waals surface area contributed by atoms with E-state index in [4.69, 9.17) is 9.42 Å². The number of hydrogen-bond donors (Lipinski definition) is 0. The lowest BCUT2D eigenvalue weighted by Gasteiger charge is -2.44. The summed E-state index contributed by atoms with van der Waals surface area (Å²) in [6.45, 7) is 17.2. The second-order valence-corrected chi connectivity index (χ2v) is 21.6. The minimum atomic E-state index is -2.53. The van der Waals surface area contributed by atoms with Crippen molar-refractivity contribution in [1.29, 1.82) is 0 Å². The molecule has 0 saturated heterocycles. The Kier molecular flexibility index (Phi) is 10.4. The maximum atomic E-state index is 7.06. The van der Waals surface area contributed by atoms with Crippen molar-refractivity contribution < 1.29 is 4.43 Å². The van der Waals surface area contributed by atoms with Crippen molar-refractivity contribution in [3.05, 3.63) is 71.6 Å². The van der Waals surface area contributed by atoms with Crippen LogP contribution in [-0.4, -0.2) is 41.5 Å². The molecule has 0 bridgehead atoms. The molecule has 0 fully saturated rings. The summed E-state index contributed by atoms with van der Waals surface area (Å²) in [5, 5.41) is 2.59. The largest absolute Gasteiger partial charge is 0.400 e. The summed E-state index contributed by atoms with van der Waals surface area (Å²) >= 11 is 1.89. The van der Waals surface area contributed by atoms with E-state index in [9.17, 15) is 0 Å². The Labute approximate surface area is 209 Å². The molecule has 5 heteroatoms. The molecule has 0 aliphatic carbocycles. The molecule has 33 heavy (non-hydrogen) atoms. The van der Waals surface area contributed by atoms with Crippen LogP contribution in [0.2, 0.25) is 30.7 Å². The topological polar surface area (TPSA) is 21.6 Å². The first-order valence-corrected chi connectivity index (χ1v) is 18.9. The highest BCUT2D eigenvalue weighted by atomic mass is 32.2. The lowest BCUT2D eigenvalue weighted by atomic mass is 10.2. The predicted molar refractivity (Wildman–Crippen MR) is 156 cm³/mol. The average Bonchev–Trinajstić information content (AvgIpc) is 2.76. The zero-order valence-corrected chi connectivity index (χ0v) is 24.7. The SMILES string of the molecule is CS/C(=C\CCN=C[C@@H](C)O[Si](c1ccccc1)(c1ccccc1)C(C)(C)C)C[Si](C)(C)C. The van der Waals surface area contributed by atoms with E-state index in [1.54, 1.807) is 0 Å². The van der Waals surface area contributed by atoms with Crippen molar-refractivity contribution in [2.75, 3.05) is 12.8 Å². The van der Waals surface area contributed by atoms with Gasteiger partial charge in [-0.2, -0.15) is 0 Å². The molecule has 0 amide bonds. The van der Waals surface area contributed by atoms with Gasteiger partial charge in [0, 0.05) is 20.8 Å². The molecule has 0 aromatic heterocycles. The molecule has 2 rings (SSSR count). The molecule has 2 aromatic carbocycles. The summed E-state index contributed by atoms with van der Waals surface area (Å²) in [6.07, 6.45) is 7.53. The lowest BCUT2D eigenvalue weighted by Crippen LogP contribution is -2.67. The molecular weight excluding hydrogens is 455 g/mol. The Bertz CT molecular complexity index is 859. The summed E-state index contributed by atoms with van der Waals surface area (Å²) < 4.78 is 7.06. The summed E-state index contributed by atoms with van der Waals surface area (Å²) in [6, 6.07) is 22.9. The zero-order chi connectivity index (χ0) is 24.5. The van der Waals surface area contributed by atoms with E-state index in [0.29, 0.717) is 0 Å². The molecule has 0 saturated carbocycles. The maximum absolute atomic E-state index is 7.06. The van der Waals surface area contributed by atoms with Crippen LogP contribution in [0.1, 0.15) is 34.1 Å². The monoisotopic (exact) mass is 497 g/mol. The van der Waals surface area contributed by atoms with Crippen molar-refractivity contribution >= 4 is 44.7 Å². The van der Waals surface area contributed by atoms with Gasteiger partial charge in [-0.1, -0.05) is 107 Å². The second-order valence-electron chi connectivity index (χ2n) is 10.9. The summed E-state index contributed by atoms with van der Waals surface area (Å²) in [7, 11) is -3.61. The maximum Gasteiger partial charge on any atom is 0.261 e. The Hall–Kier alpha value is -1.41. The molecule has 180 valence electrons. The van der Waals surface area contributed by atoms with Crippen molar-refractivity contribution in [3.63, 3.8) is 0 Å². The molecule has 0 aliphatic rings. The first-order chi connectivity index (χ1) is 15.5. The fourth-order valence-electron chi connectivity index (χ4n) is 4.27. The molecule has 0 unspecified atom stereocenters. The third kappa shape index (κ3) is 8.09. The smallest absolute Gasteiger partial charge is 0.261 e. The van der Waals surface area contributed by atoms with Crippen LogP contribution in [0.5, 0.6) is 0 Å². The van der Waals surface area contributed by atoms with E-state index in [0.717, 1.165) is 13.0 Å². The third-order valence-corrected chi connectivity index (χ3v) is 13.4. The van der Waals surface area contributed by atoms with Gasteiger partial charge in [0.1, 0.15) is 0 Å². The fraction of sp³-hybridized carbons (Fsp3) is 0.464. The van der Waals surface area contributed by atoms with Crippen LogP contribution in [0.4, 0.5) is 0 Å².